The molecule has 3 rings (SSSR count). The van der Waals surface area contributed by atoms with E-state index in [1.165, 1.54) is 0 Å². The van der Waals surface area contributed by atoms with Crippen LogP contribution in [0.1, 0.15) is 34.0 Å². The molecule has 0 atom stereocenters. The summed E-state index contributed by atoms with van der Waals surface area (Å²) in [6, 6.07) is 25.1. The third-order valence-electron chi connectivity index (χ3n) is 4.69. The molecule has 0 spiro atoms. The molecule has 0 heterocycles. The lowest BCUT2D eigenvalue weighted by Gasteiger charge is -2.24. The van der Waals surface area contributed by atoms with Gasteiger partial charge in [-0.2, -0.15) is 0 Å². The third kappa shape index (κ3) is 5.55. The Morgan fingerprint density at radius 2 is 1.55 bits per heavy atom. The minimum Gasteiger partial charge on any atom is -0.356 e. The number of nitrogens with one attached hydrogen (secondary N) is 1. The summed E-state index contributed by atoms with van der Waals surface area (Å²) in [5, 5.41) is 2.82. The smallest absolute Gasteiger partial charge is 0.258 e. The van der Waals surface area contributed by atoms with Gasteiger partial charge in [-0.05, 0) is 49.2 Å². The predicted molar refractivity (Wildman–Crippen MR) is 117 cm³/mol. The second kappa shape index (κ2) is 9.69. The molecule has 0 aliphatic rings. The highest BCUT2D eigenvalue weighted by atomic mass is 16.2. The van der Waals surface area contributed by atoms with Crippen LogP contribution in [0, 0.1) is 6.92 Å². The van der Waals surface area contributed by atoms with Crippen LogP contribution >= 0.6 is 0 Å². The highest BCUT2D eigenvalue weighted by molar-refractivity contribution is 6.06. The van der Waals surface area contributed by atoms with Gasteiger partial charge >= 0.3 is 0 Å². The van der Waals surface area contributed by atoms with Gasteiger partial charge in [0.25, 0.3) is 5.91 Å². The maximum absolute atomic E-state index is 13.3. The van der Waals surface area contributed by atoms with Gasteiger partial charge < -0.3 is 10.2 Å². The number of hydrogen-bond donors (Lipinski definition) is 1. The van der Waals surface area contributed by atoms with E-state index in [0.717, 1.165) is 22.4 Å². The molecule has 0 unspecified atom stereocenters. The number of rotatable bonds is 7. The van der Waals surface area contributed by atoms with E-state index in [1.807, 2.05) is 92.7 Å². The van der Waals surface area contributed by atoms with Crippen LogP contribution < -0.4 is 10.2 Å². The van der Waals surface area contributed by atoms with Gasteiger partial charge in [0.2, 0.25) is 5.91 Å². The van der Waals surface area contributed by atoms with Crippen molar-refractivity contribution in [2.24, 2.45) is 0 Å². The van der Waals surface area contributed by atoms with Crippen LogP contribution in [-0.4, -0.2) is 18.4 Å². The van der Waals surface area contributed by atoms with Gasteiger partial charge in [-0.3, -0.25) is 9.59 Å². The highest BCUT2D eigenvalue weighted by Crippen LogP contribution is 2.22. The van der Waals surface area contributed by atoms with Crippen molar-refractivity contribution >= 4 is 17.5 Å². The van der Waals surface area contributed by atoms with Gasteiger partial charge in [-0.1, -0.05) is 60.2 Å². The minimum atomic E-state index is -0.0657. The van der Waals surface area contributed by atoms with E-state index in [9.17, 15) is 9.59 Å². The van der Waals surface area contributed by atoms with Crippen LogP contribution in [0.2, 0.25) is 0 Å². The summed E-state index contributed by atoms with van der Waals surface area (Å²) in [6.45, 7) is 4.96. The molecule has 148 valence electrons. The van der Waals surface area contributed by atoms with Crippen LogP contribution in [0.4, 0.5) is 5.69 Å². The number of hydrogen-bond acceptors (Lipinski definition) is 2. The number of carbonyl (C=O) groups is 2. The van der Waals surface area contributed by atoms with Crippen LogP contribution in [0.25, 0.3) is 0 Å². The SMILES string of the molecule is CCNC(=O)Cc1cccc(N(Cc2ccccc2)C(=O)c2ccc(C)cc2)c1. The maximum atomic E-state index is 13.3. The molecular formula is C25H26N2O2. The van der Waals surface area contributed by atoms with Gasteiger partial charge in [0.05, 0.1) is 13.0 Å². The monoisotopic (exact) mass is 386 g/mol. The van der Waals surface area contributed by atoms with E-state index >= 15 is 0 Å². The molecule has 4 heteroatoms. The van der Waals surface area contributed by atoms with Crippen molar-refractivity contribution < 1.29 is 9.59 Å². The molecule has 29 heavy (non-hydrogen) atoms. The first-order valence-electron chi connectivity index (χ1n) is 9.85. The van der Waals surface area contributed by atoms with Crippen molar-refractivity contribution in [1.29, 1.82) is 0 Å². The molecule has 3 aromatic carbocycles. The summed E-state index contributed by atoms with van der Waals surface area (Å²) in [5.74, 6) is -0.0897. The molecule has 0 fully saturated rings. The van der Waals surface area contributed by atoms with E-state index in [4.69, 9.17) is 0 Å². The topological polar surface area (TPSA) is 49.4 Å². The minimum absolute atomic E-state index is 0.0240. The molecule has 2 amide bonds. The number of anilines is 1. The molecule has 4 nitrogen and oxygen atoms in total. The second-order valence-corrected chi connectivity index (χ2v) is 7.04. The van der Waals surface area contributed by atoms with E-state index in [1.54, 1.807) is 4.90 Å². The predicted octanol–water partition coefficient (Wildman–Crippen LogP) is 4.52. The molecule has 0 aliphatic heterocycles. The number of nitrogens with zero attached hydrogens (tertiary/aromatic N) is 1. The molecule has 0 saturated carbocycles. The lowest BCUT2D eigenvalue weighted by atomic mass is 10.1. The number of aryl methyl sites for hydroxylation is 1. The van der Waals surface area contributed by atoms with Crippen molar-refractivity contribution in [1.82, 2.24) is 5.32 Å². The van der Waals surface area contributed by atoms with Crippen LogP contribution in [0.5, 0.6) is 0 Å². The molecule has 0 saturated heterocycles. The van der Waals surface area contributed by atoms with Crippen molar-refractivity contribution in [3.63, 3.8) is 0 Å². The normalized spacial score (nSPS) is 10.4. The fourth-order valence-electron chi connectivity index (χ4n) is 3.18. The second-order valence-electron chi connectivity index (χ2n) is 7.04. The van der Waals surface area contributed by atoms with Crippen LogP contribution in [0.3, 0.4) is 0 Å². The van der Waals surface area contributed by atoms with E-state index in [-0.39, 0.29) is 11.8 Å². The standard InChI is InChI=1S/C25H26N2O2/c1-3-26-24(28)17-21-10-7-11-23(16-21)27(18-20-8-5-4-6-9-20)25(29)22-14-12-19(2)13-15-22/h4-16H,3,17-18H2,1-2H3,(H,26,28). The number of carbonyl (C=O) groups excluding carboxylic acids is 2. The zero-order chi connectivity index (χ0) is 20.6. The molecular weight excluding hydrogens is 360 g/mol. The molecule has 0 aliphatic carbocycles. The quantitative estimate of drug-likeness (QED) is 0.649. The Balaban J connectivity index is 1.93. The van der Waals surface area contributed by atoms with Gasteiger partial charge in [-0.25, -0.2) is 0 Å². The Labute approximate surface area is 172 Å². The van der Waals surface area contributed by atoms with E-state index in [2.05, 4.69) is 5.32 Å². The Morgan fingerprint density at radius 3 is 2.24 bits per heavy atom. The van der Waals surface area contributed by atoms with E-state index in [0.29, 0.717) is 25.1 Å². The summed E-state index contributed by atoms with van der Waals surface area (Å²) < 4.78 is 0. The molecule has 0 bridgehead atoms. The first-order valence-corrected chi connectivity index (χ1v) is 9.85. The Morgan fingerprint density at radius 1 is 0.862 bits per heavy atom. The average Bonchev–Trinajstić information content (AvgIpc) is 2.73. The number of likely N-dealkylation sites (N-methyl/N-ethyl adjacent to an activating group) is 1. The van der Waals surface area contributed by atoms with Crippen LogP contribution in [0.15, 0.2) is 78.9 Å². The molecule has 0 radical (unpaired) electrons. The first kappa shape index (κ1) is 20.3. The molecule has 1 N–H and O–H groups in total. The fraction of sp³-hybridized carbons (Fsp3) is 0.200. The molecule has 0 aromatic heterocycles. The van der Waals surface area contributed by atoms with Crippen molar-refractivity contribution in [2.45, 2.75) is 26.8 Å². The highest BCUT2D eigenvalue weighted by Gasteiger charge is 2.19. The fourth-order valence-corrected chi connectivity index (χ4v) is 3.18. The third-order valence-corrected chi connectivity index (χ3v) is 4.69. The summed E-state index contributed by atoms with van der Waals surface area (Å²) in [7, 11) is 0. The summed E-state index contributed by atoms with van der Waals surface area (Å²) >= 11 is 0. The first-order chi connectivity index (χ1) is 14.1. The Bertz CT molecular complexity index is 966. The van der Waals surface area contributed by atoms with Crippen molar-refractivity contribution in [3.05, 3.63) is 101 Å². The van der Waals surface area contributed by atoms with Gasteiger partial charge in [0.1, 0.15) is 0 Å². The van der Waals surface area contributed by atoms with Gasteiger partial charge in [0, 0.05) is 17.8 Å². The van der Waals surface area contributed by atoms with Gasteiger partial charge in [0.15, 0.2) is 0 Å². The number of amides is 2. The number of benzene rings is 3. The van der Waals surface area contributed by atoms with E-state index < -0.39 is 0 Å². The maximum Gasteiger partial charge on any atom is 0.258 e. The average molecular weight is 386 g/mol. The zero-order valence-corrected chi connectivity index (χ0v) is 16.9. The summed E-state index contributed by atoms with van der Waals surface area (Å²) in [6.07, 6.45) is 0.291. The van der Waals surface area contributed by atoms with Gasteiger partial charge in [-0.15, -0.1) is 0 Å². The van der Waals surface area contributed by atoms with Crippen molar-refractivity contribution in [3.8, 4) is 0 Å². The largest absolute Gasteiger partial charge is 0.356 e. The lowest BCUT2D eigenvalue weighted by Crippen LogP contribution is -2.30. The summed E-state index contributed by atoms with van der Waals surface area (Å²) in [5.41, 5.74) is 4.45. The Kier molecular flexibility index (Phi) is 6.80. The lowest BCUT2D eigenvalue weighted by molar-refractivity contribution is -0.120. The zero-order valence-electron chi connectivity index (χ0n) is 16.9. The molecule has 3 aromatic rings. The summed E-state index contributed by atoms with van der Waals surface area (Å²) in [4.78, 5) is 27.1. The van der Waals surface area contributed by atoms with Crippen molar-refractivity contribution in [2.75, 3.05) is 11.4 Å². The van der Waals surface area contributed by atoms with Crippen LogP contribution in [-0.2, 0) is 17.8 Å². The Hall–Kier alpha value is -3.40.